The Morgan fingerprint density at radius 1 is 1.18 bits per heavy atom. The van der Waals surface area contributed by atoms with Gasteiger partial charge in [-0.05, 0) is 24.3 Å². The van der Waals surface area contributed by atoms with Crippen molar-refractivity contribution in [1.29, 1.82) is 0 Å². The maximum Gasteiger partial charge on any atom is 0.417 e. The van der Waals surface area contributed by atoms with E-state index in [0.717, 1.165) is 12.3 Å². The van der Waals surface area contributed by atoms with Crippen LogP contribution in [0.25, 0.3) is 0 Å². The second-order valence-corrected chi connectivity index (χ2v) is 9.79. The second kappa shape index (κ2) is 8.18. The molecule has 1 unspecified atom stereocenters. The Kier molecular flexibility index (Phi) is 5.64. The van der Waals surface area contributed by atoms with E-state index in [2.05, 4.69) is 15.0 Å². The van der Waals surface area contributed by atoms with Gasteiger partial charge in [-0.3, -0.25) is 9.98 Å². The molecule has 0 amide bonds. The van der Waals surface area contributed by atoms with Gasteiger partial charge in [0, 0.05) is 32.2 Å². The molecule has 4 rings (SSSR count). The highest BCUT2D eigenvalue weighted by Crippen LogP contribution is 2.43. The van der Waals surface area contributed by atoms with Crippen LogP contribution in [0.3, 0.4) is 0 Å². The second-order valence-electron chi connectivity index (χ2n) is 7.38. The van der Waals surface area contributed by atoms with Crippen LogP contribution in [0, 0.1) is 0 Å². The first-order valence-electron chi connectivity index (χ1n) is 9.87. The number of nitrogens with zero attached hydrogens (tertiary/aromatic N) is 5. The molecular formula is C21H20F3N5O3S. The van der Waals surface area contributed by atoms with Gasteiger partial charge in [-0.15, -0.1) is 0 Å². The van der Waals surface area contributed by atoms with Gasteiger partial charge >= 0.3 is 6.18 Å². The number of allylic oxidation sites excluding steroid dienone is 1. The summed E-state index contributed by atoms with van der Waals surface area (Å²) in [6.45, 7) is 1.51. The van der Waals surface area contributed by atoms with Crippen LogP contribution in [0.5, 0.6) is 5.75 Å². The molecule has 2 aliphatic heterocycles. The van der Waals surface area contributed by atoms with Crippen molar-refractivity contribution in [2.75, 3.05) is 29.6 Å². The van der Waals surface area contributed by atoms with E-state index in [1.54, 1.807) is 32.4 Å². The molecule has 2 aliphatic rings. The highest BCUT2D eigenvalue weighted by molar-refractivity contribution is 7.92. The van der Waals surface area contributed by atoms with Crippen LogP contribution in [0.2, 0.25) is 0 Å². The average molecular weight is 479 g/mol. The molecule has 12 heteroatoms. The first-order chi connectivity index (χ1) is 15.5. The minimum Gasteiger partial charge on any atom is -0.454 e. The molecule has 0 radical (unpaired) electrons. The number of alkyl halides is 3. The molecule has 2 aromatic heterocycles. The van der Waals surface area contributed by atoms with Crippen LogP contribution >= 0.6 is 0 Å². The predicted octanol–water partition coefficient (Wildman–Crippen LogP) is 3.40. The summed E-state index contributed by atoms with van der Waals surface area (Å²) in [5.74, 6) is 1.03. The van der Waals surface area contributed by atoms with Crippen LogP contribution in [0.15, 0.2) is 65.1 Å². The fourth-order valence-corrected chi connectivity index (χ4v) is 4.82. The van der Waals surface area contributed by atoms with Gasteiger partial charge in [0.15, 0.2) is 15.7 Å². The number of hydrogen-bond donors (Lipinski definition) is 0. The molecule has 0 aliphatic carbocycles. The van der Waals surface area contributed by atoms with Crippen molar-refractivity contribution in [1.82, 2.24) is 9.97 Å². The lowest BCUT2D eigenvalue weighted by atomic mass is 10.2. The number of anilines is 2. The number of pyridine rings is 2. The summed E-state index contributed by atoms with van der Waals surface area (Å²) < 4.78 is 71.3. The molecule has 33 heavy (non-hydrogen) atoms. The van der Waals surface area contributed by atoms with Gasteiger partial charge in [-0.1, -0.05) is 6.92 Å². The van der Waals surface area contributed by atoms with Gasteiger partial charge in [0.2, 0.25) is 0 Å². The zero-order valence-electron chi connectivity index (χ0n) is 17.9. The number of hydrogen-bond acceptors (Lipinski definition) is 8. The fourth-order valence-electron chi connectivity index (χ4n) is 3.61. The maximum absolute atomic E-state index is 13.2. The Hall–Kier alpha value is -3.41. The Labute approximate surface area is 188 Å². The number of aliphatic imine (C=N–C) groups is 1. The first-order valence-corrected chi connectivity index (χ1v) is 11.6. The first kappa shape index (κ1) is 22.8. The number of halogens is 3. The Bertz CT molecular complexity index is 1270. The van der Waals surface area contributed by atoms with Crippen LogP contribution in [-0.2, 0) is 16.0 Å². The topological polar surface area (TPSA) is 88.0 Å². The van der Waals surface area contributed by atoms with Crippen LogP contribution < -0.4 is 14.5 Å². The number of rotatable bonds is 4. The Balaban J connectivity index is 1.79. The third-order valence-corrected chi connectivity index (χ3v) is 7.23. The molecule has 8 nitrogen and oxygen atoms in total. The summed E-state index contributed by atoms with van der Waals surface area (Å²) in [4.78, 5) is 15.3. The van der Waals surface area contributed by atoms with Crippen LogP contribution in [-0.4, -0.2) is 49.7 Å². The van der Waals surface area contributed by atoms with E-state index in [0.29, 0.717) is 11.6 Å². The third-order valence-electron chi connectivity index (χ3n) is 5.29. The van der Waals surface area contributed by atoms with Crippen molar-refractivity contribution in [3.63, 3.8) is 0 Å². The molecule has 174 valence electrons. The Morgan fingerprint density at radius 3 is 2.58 bits per heavy atom. The van der Waals surface area contributed by atoms with E-state index in [9.17, 15) is 21.6 Å². The van der Waals surface area contributed by atoms with Crippen molar-refractivity contribution >= 4 is 27.6 Å². The van der Waals surface area contributed by atoms with Crippen molar-refractivity contribution < 1.29 is 26.3 Å². The lowest BCUT2D eigenvalue weighted by Crippen LogP contribution is -2.33. The predicted molar refractivity (Wildman–Crippen MR) is 118 cm³/mol. The van der Waals surface area contributed by atoms with E-state index < -0.39 is 26.8 Å². The van der Waals surface area contributed by atoms with Gasteiger partial charge in [0.1, 0.15) is 28.3 Å². The largest absolute Gasteiger partial charge is 0.454 e. The molecule has 0 aromatic carbocycles. The lowest BCUT2D eigenvalue weighted by molar-refractivity contribution is -0.137. The van der Waals surface area contributed by atoms with Gasteiger partial charge < -0.3 is 14.5 Å². The molecule has 4 heterocycles. The molecular weight excluding hydrogens is 459 g/mol. The van der Waals surface area contributed by atoms with Crippen molar-refractivity contribution in [3.8, 4) is 5.75 Å². The number of fused-ring (bicyclic) bond motifs is 1. The summed E-state index contributed by atoms with van der Waals surface area (Å²) in [5, 5.41) is -1.17. The maximum atomic E-state index is 13.2. The quantitative estimate of drug-likeness (QED) is 0.664. The molecule has 0 bridgehead atoms. The number of sulfone groups is 1. The van der Waals surface area contributed by atoms with E-state index in [1.807, 2.05) is 0 Å². The summed E-state index contributed by atoms with van der Waals surface area (Å²) in [6.07, 6.45) is 2.04. The molecule has 2 aromatic rings. The van der Waals surface area contributed by atoms with E-state index in [1.165, 1.54) is 35.2 Å². The van der Waals surface area contributed by atoms with Crippen LogP contribution in [0.1, 0.15) is 12.5 Å². The number of ether oxygens (including phenoxy) is 1. The van der Waals surface area contributed by atoms with Gasteiger partial charge in [-0.2, -0.15) is 13.2 Å². The van der Waals surface area contributed by atoms with E-state index in [-0.39, 0.29) is 28.7 Å². The smallest absolute Gasteiger partial charge is 0.417 e. The SMILES string of the molecule is CCS(=O)(=O)C1C=C(Oc2cccnc2)C=NC1=C1N(C)c2cc(C(F)(F)F)cnc2N1C. The number of aromatic nitrogens is 2. The van der Waals surface area contributed by atoms with Gasteiger partial charge in [-0.25, -0.2) is 13.4 Å². The third kappa shape index (κ3) is 4.17. The number of dihydropyridines is 1. The van der Waals surface area contributed by atoms with Gasteiger partial charge in [0.25, 0.3) is 0 Å². The highest BCUT2D eigenvalue weighted by Gasteiger charge is 2.40. The molecule has 0 fully saturated rings. The highest BCUT2D eigenvalue weighted by atomic mass is 32.2. The molecule has 0 N–H and O–H groups in total. The van der Waals surface area contributed by atoms with Crippen molar-refractivity contribution in [2.45, 2.75) is 18.3 Å². The Morgan fingerprint density at radius 2 is 1.94 bits per heavy atom. The minimum atomic E-state index is -4.56. The fraction of sp³-hybridized carbons (Fsp3) is 0.286. The minimum absolute atomic E-state index is 0.159. The average Bonchev–Trinajstić information content (AvgIpc) is 3.03. The monoisotopic (exact) mass is 479 g/mol. The molecule has 0 saturated heterocycles. The van der Waals surface area contributed by atoms with Crippen molar-refractivity contribution in [2.24, 2.45) is 4.99 Å². The lowest BCUT2D eigenvalue weighted by Gasteiger charge is -2.26. The normalized spacial score (nSPS) is 20.7. The summed E-state index contributed by atoms with van der Waals surface area (Å²) in [7, 11) is -0.553. The van der Waals surface area contributed by atoms with Crippen molar-refractivity contribution in [3.05, 3.63) is 65.7 Å². The zero-order valence-corrected chi connectivity index (χ0v) is 18.7. The summed E-state index contributed by atoms with van der Waals surface area (Å²) in [5.41, 5.74) is -0.546. The van der Waals surface area contributed by atoms with Crippen LogP contribution in [0.4, 0.5) is 24.7 Å². The molecule has 0 spiro atoms. The molecule has 0 saturated carbocycles. The standard InChI is InChI=1S/C21H20F3N5O3S/c1-4-33(30,31)17-9-15(32-14-6-5-7-25-11-14)12-26-18(17)20-28(2)16-8-13(21(22,23)24)10-27-19(16)29(20)3/h5-12,17H,4H2,1-3H3. The van der Waals surface area contributed by atoms with Gasteiger partial charge in [0.05, 0.1) is 23.7 Å². The van der Waals surface area contributed by atoms with E-state index in [4.69, 9.17) is 4.74 Å². The van der Waals surface area contributed by atoms with E-state index >= 15 is 0 Å². The zero-order chi connectivity index (χ0) is 24.0. The summed E-state index contributed by atoms with van der Waals surface area (Å²) >= 11 is 0. The summed E-state index contributed by atoms with van der Waals surface area (Å²) in [6, 6.07) is 4.32. The molecule has 1 atom stereocenters.